The number of halogens is 1. The molecule has 4 aromatic rings. The summed E-state index contributed by atoms with van der Waals surface area (Å²) >= 11 is 1.24. The van der Waals surface area contributed by atoms with Crippen LogP contribution >= 0.6 is 11.3 Å². The molecule has 1 aliphatic heterocycles. The van der Waals surface area contributed by atoms with Crippen molar-refractivity contribution in [1.29, 1.82) is 0 Å². The van der Waals surface area contributed by atoms with Gasteiger partial charge in [-0.3, -0.25) is 25.1 Å². The highest BCUT2D eigenvalue weighted by Crippen LogP contribution is 2.30. The number of likely N-dealkylation sites (N-methyl/N-ethyl adjacent to an activating group) is 1. The zero-order chi connectivity index (χ0) is 25.9. The Kier molecular flexibility index (Phi) is 7.06. The van der Waals surface area contributed by atoms with E-state index in [9.17, 15) is 14.0 Å². The lowest BCUT2D eigenvalue weighted by Gasteiger charge is -2.34. The molecule has 0 aliphatic carbocycles. The van der Waals surface area contributed by atoms with Crippen molar-refractivity contribution in [2.75, 3.05) is 55.0 Å². The van der Waals surface area contributed by atoms with Crippen molar-refractivity contribution >= 4 is 50.6 Å². The molecule has 1 fully saturated rings. The van der Waals surface area contributed by atoms with Crippen LogP contribution in [-0.2, 0) is 0 Å². The molecule has 0 spiro atoms. The van der Waals surface area contributed by atoms with Gasteiger partial charge < -0.3 is 15.1 Å². The summed E-state index contributed by atoms with van der Waals surface area (Å²) in [6, 6.07) is 15.2. The number of benzene rings is 2. The van der Waals surface area contributed by atoms with Crippen LogP contribution in [0.25, 0.3) is 10.2 Å². The Morgan fingerprint density at radius 1 is 1.05 bits per heavy atom. The van der Waals surface area contributed by atoms with E-state index in [0.717, 1.165) is 31.9 Å². The fraction of sp³-hybridized carbons (Fsp3) is 0.269. The molecule has 0 radical (unpaired) electrons. The van der Waals surface area contributed by atoms with Gasteiger partial charge in [-0.25, -0.2) is 4.39 Å². The zero-order valence-corrected chi connectivity index (χ0v) is 21.4. The van der Waals surface area contributed by atoms with Gasteiger partial charge in [0.15, 0.2) is 5.82 Å². The molecule has 2 aromatic heterocycles. The Morgan fingerprint density at radius 3 is 2.43 bits per heavy atom. The van der Waals surface area contributed by atoms with Crippen molar-refractivity contribution in [1.82, 2.24) is 20.5 Å². The number of amides is 2. The Labute approximate surface area is 217 Å². The van der Waals surface area contributed by atoms with Crippen LogP contribution in [0.5, 0.6) is 0 Å². The van der Waals surface area contributed by atoms with Crippen LogP contribution in [0.15, 0.2) is 54.6 Å². The van der Waals surface area contributed by atoms with Crippen LogP contribution < -0.4 is 20.7 Å². The second-order valence-corrected chi connectivity index (χ2v) is 9.93. The largest absolute Gasteiger partial charge is 0.369 e. The van der Waals surface area contributed by atoms with E-state index in [1.54, 1.807) is 23.2 Å². The molecular formula is C26H28FN7O2S. The molecule has 0 atom stereocenters. The number of carbonyl (C=O) groups excluding carboxylic acids is 2. The van der Waals surface area contributed by atoms with Crippen LogP contribution in [-0.4, -0.2) is 66.7 Å². The first kappa shape index (κ1) is 24.7. The monoisotopic (exact) mass is 521 g/mol. The molecule has 2 amide bonds. The molecule has 0 bridgehead atoms. The van der Waals surface area contributed by atoms with Crippen molar-refractivity contribution in [3.05, 3.63) is 70.9 Å². The third kappa shape index (κ3) is 5.42. The summed E-state index contributed by atoms with van der Waals surface area (Å²) in [4.78, 5) is 31.6. The molecule has 3 heterocycles. The number of carbonyl (C=O) groups is 2. The molecule has 3 N–H and O–H groups in total. The minimum atomic E-state index is -0.341. The Morgan fingerprint density at radius 2 is 1.76 bits per heavy atom. The first-order valence-corrected chi connectivity index (χ1v) is 12.9. The predicted molar refractivity (Wildman–Crippen MR) is 145 cm³/mol. The summed E-state index contributed by atoms with van der Waals surface area (Å²) in [5, 5.41) is 12.2. The zero-order valence-electron chi connectivity index (χ0n) is 20.6. The second-order valence-electron chi connectivity index (χ2n) is 8.88. The van der Waals surface area contributed by atoms with Gasteiger partial charge in [0.05, 0.1) is 16.0 Å². The van der Waals surface area contributed by atoms with Crippen molar-refractivity contribution < 1.29 is 14.0 Å². The normalized spacial score (nSPS) is 14.1. The second kappa shape index (κ2) is 10.6. The molecule has 2 aromatic carbocycles. The predicted octanol–water partition coefficient (Wildman–Crippen LogP) is 3.94. The molecule has 0 saturated carbocycles. The minimum Gasteiger partial charge on any atom is -0.369 e. The number of hydrogen-bond acceptors (Lipinski definition) is 7. The van der Waals surface area contributed by atoms with Crippen molar-refractivity contribution in [2.45, 2.75) is 6.92 Å². The summed E-state index contributed by atoms with van der Waals surface area (Å²) in [5.74, 6) is -0.558. The van der Waals surface area contributed by atoms with Crippen LogP contribution in [0.1, 0.15) is 27.0 Å². The Balaban J connectivity index is 1.25. The highest BCUT2D eigenvalue weighted by atomic mass is 32.1. The van der Waals surface area contributed by atoms with Gasteiger partial charge in [-0.05, 0) is 68.6 Å². The highest BCUT2D eigenvalue weighted by molar-refractivity contribution is 7.20. The quantitative estimate of drug-likeness (QED) is 0.319. The molecule has 1 aliphatic rings. The molecule has 192 valence electrons. The summed E-state index contributed by atoms with van der Waals surface area (Å²) in [7, 11) is 2.12. The van der Waals surface area contributed by atoms with Crippen LogP contribution in [0, 0.1) is 5.82 Å². The van der Waals surface area contributed by atoms with Gasteiger partial charge >= 0.3 is 0 Å². The summed E-state index contributed by atoms with van der Waals surface area (Å²) in [6.07, 6.45) is 0. The van der Waals surface area contributed by atoms with Crippen LogP contribution in [0.3, 0.4) is 0 Å². The standard InChI is InChI=1S/C26H28FN7O2S/c1-3-34(20-10-6-18(27)7-11-20)31-25(36)22-16-21-23(29-30-26(21)37-22)28-24(35)17-4-8-19(9-5-17)33-14-12-32(2)13-15-33/h4-11,16H,3,12-15H2,1-2H3,(H,31,36)(H2,28,29,30,35). The number of rotatable bonds is 7. The van der Waals surface area contributed by atoms with E-state index in [4.69, 9.17) is 0 Å². The molecule has 37 heavy (non-hydrogen) atoms. The summed E-state index contributed by atoms with van der Waals surface area (Å²) < 4.78 is 13.3. The maximum atomic E-state index is 13.3. The Bertz CT molecular complexity index is 1390. The lowest BCUT2D eigenvalue weighted by atomic mass is 10.1. The highest BCUT2D eigenvalue weighted by Gasteiger charge is 2.19. The van der Waals surface area contributed by atoms with Crippen LogP contribution in [0.4, 0.5) is 21.6 Å². The van der Waals surface area contributed by atoms with Gasteiger partial charge in [-0.2, -0.15) is 5.10 Å². The van der Waals surface area contributed by atoms with Gasteiger partial charge in [-0.15, -0.1) is 11.3 Å². The number of anilines is 3. The lowest BCUT2D eigenvalue weighted by Crippen LogP contribution is -2.44. The van der Waals surface area contributed by atoms with Crippen molar-refractivity contribution in [2.24, 2.45) is 0 Å². The first-order chi connectivity index (χ1) is 17.9. The third-order valence-corrected chi connectivity index (χ3v) is 7.44. The maximum absolute atomic E-state index is 13.3. The van der Waals surface area contributed by atoms with E-state index >= 15 is 0 Å². The first-order valence-electron chi connectivity index (χ1n) is 12.1. The van der Waals surface area contributed by atoms with E-state index in [2.05, 4.69) is 37.8 Å². The molecule has 9 nitrogen and oxygen atoms in total. The lowest BCUT2D eigenvalue weighted by molar-refractivity contribution is 0.0952. The molecular weight excluding hydrogens is 493 g/mol. The van der Waals surface area contributed by atoms with Gasteiger partial charge in [0, 0.05) is 44.0 Å². The van der Waals surface area contributed by atoms with Crippen LogP contribution in [0.2, 0.25) is 0 Å². The molecule has 11 heteroatoms. The number of hydrogen-bond donors (Lipinski definition) is 3. The minimum absolute atomic E-state index is 0.274. The van der Waals surface area contributed by atoms with Crippen molar-refractivity contribution in [3.63, 3.8) is 0 Å². The topological polar surface area (TPSA) is 96.6 Å². The van der Waals surface area contributed by atoms with E-state index in [1.807, 2.05) is 31.2 Å². The summed E-state index contributed by atoms with van der Waals surface area (Å²) in [6.45, 7) is 6.33. The molecule has 5 rings (SSSR count). The fourth-order valence-electron chi connectivity index (χ4n) is 4.22. The van der Waals surface area contributed by atoms with Gasteiger partial charge in [0.2, 0.25) is 0 Å². The number of H-pyrrole nitrogens is 1. The van der Waals surface area contributed by atoms with E-state index in [0.29, 0.717) is 38.7 Å². The number of aromatic amines is 1. The smallest absolute Gasteiger partial charge is 0.279 e. The number of hydrazine groups is 1. The fourth-order valence-corrected chi connectivity index (χ4v) is 5.11. The van der Waals surface area contributed by atoms with Gasteiger partial charge in [-0.1, -0.05) is 0 Å². The maximum Gasteiger partial charge on any atom is 0.279 e. The van der Waals surface area contributed by atoms with Crippen molar-refractivity contribution in [3.8, 4) is 0 Å². The number of thiophene rings is 1. The van der Waals surface area contributed by atoms with E-state index < -0.39 is 0 Å². The average molecular weight is 522 g/mol. The van der Waals surface area contributed by atoms with E-state index in [-0.39, 0.29) is 17.6 Å². The number of nitrogens with zero attached hydrogens (tertiary/aromatic N) is 4. The van der Waals surface area contributed by atoms with Gasteiger partial charge in [0.25, 0.3) is 11.8 Å². The average Bonchev–Trinajstić information content (AvgIpc) is 3.50. The number of nitrogens with one attached hydrogen (secondary N) is 3. The third-order valence-electron chi connectivity index (χ3n) is 6.40. The van der Waals surface area contributed by atoms with Gasteiger partial charge in [0.1, 0.15) is 10.6 Å². The summed E-state index contributed by atoms with van der Waals surface area (Å²) in [5.41, 5.74) is 5.15. The SMILES string of the molecule is CCN(NC(=O)c1cc2c(NC(=O)c3ccc(N4CCN(C)CC4)cc3)n[nH]c2s1)c1ccc(F)cc1. The Hall–Kier alpha value is -3.96. The molecule has 0 unspecified atom stereocenters. The number of piperazine rings is 1. The van der Waals surface area contributed by atoms with E-state index in [1.165, 1.54) is 23.5 Å². The number of fused-ring (bicyclic) bond motifs is 1. The molecule has 1 saturated heterocycles. The number of aromatic nitrogens is 2.